The minimum atomic E-state index is 0.0170. The van der Waals surface area contributed by atoms with Crippen LogP contribution >= 0.6 is 0 Å². The molecule has 1 aliphatic heterocycles. The monoisotopic (exact) mass is 273 g/mol. The Morgan fingerprint density at radius 1 is 1.50 bits per heavy atom. The first-order valence-corrected chi connectivity index (χ1v) is 6.83. The van der Waals surface area contributed by atoms with Crippen LogP contribution in [0.1, 0.15) is 23.7 Å². The number of fused-ring (bicyclic) bond motifs is 1. The zero-order valence-corrected chi connectivity index (χ0v) is 11.7. The molecule has 106 valence electrons. The molecular weight excluding hydrogens is 254 g/mol. The molecule has 2 aromatic rings. The Morgan fingerprint density at radius 3 is 3.00 bits per heavy atom. The van der Waals surface area contributed by atoms with Gasteiger partial charge in [-0.25, -0.2) is 0 Å². The number of carbonyl (C=O) groups is 1. The standard InChI is InChI=1S/C15H19N3O2/c1-9-14(5-6-20-9)18(2)15(19)12-8-17-13-7-10(16)3-4-11(12)13/h3-4,7-9,14,17H,5-6,16H2,1-2H3. The summed E-state index contributed by atoms with van der Waals surface area (Å²) in [6.07, 6.45) is 2.73. The third kappa shape index (κ3) is 2.04. The maximum atomic E-state index is 12.7. The summed E-state index contributed by atoms with van der Waals surface area (Å²) >= 11 is 0. The van der Waals surface area contributed by atoms with Crippen molar-refractivity contribution in [3.05, 3.63) is 30.0 Å². The van der Waals surface area contributed by atoms with E-state index in [4.69, 9.17) is 10.5 Å². The van der Waals surface area contributed by atoms with Crippen molar-refractivity contribution in [3.63, 3.8) is 0 Å². The van der Waals surface area contributed by atoms with Crippen molar-refractivity contribution in [2.45, 2.75) is 25.5 Å². The highest BCUT2D eigenvalue weighted by Crippen LogP contribution is 2.25. The normalized spacial score (nSPS) is 22.3. The molecule has 0 radical (unpaired) electrons. The highest BCUT2D eigenvalue weighted by atomic mass is 16.5. The molecule has 3 N–H and O–H groups in total. The van der Waals surface area contributed by atoms with Gasteiger partial charge in [0.15, 0.2) is 0 Å². The Kier molecular flexibility index (Phi) is 3.14. The number of carbonyl (C=O) groups excluding carboxylic acids is 1. The number of nitrogens with one attached hydrogen (secondary N) is 1. The summed E-state index contributed by atoms with van der Waals surface area (Å²) in [5.41, 5.74) is 8.01. The van der Waals surface area contributed by atoms with Crippen molar-refractivity contribution in [1.29, 1.82) is 0 Å². The molecule has 1 aromatic heterocycles. The molecule has 2 atom stereocenters. The van der Waals surface area contributed by atoms with Crippen LogP contribution in [0.3, 0.4) is 0 Å². The molecule has 0 aliphatic carbocycles. The molecular formula is C15H19N3O2. The fourth-order valence-corrected chi connectivity index (χ4v) is 2.89. The highest BCUT2D eigenvalue weighted by Gasteiger charge is 2.31. The zero-order valence-electron chi connectivity index (χ0n) is 11.7. The molecule has 1 fully saturated rings. The van der Waals surface area contributed by atoms with Crippen LogP contribution in [0.5, 0.6) is 0 Å². The lowest BCUT2D eigenvalue weighted by Crippen LogP contribution is -2.40. The average Bonchev–Trinajstić information content (AvgIpc) is 3.02. The van der Waals surface area contributed by atoms with Crippen LogP contribution in [-0.4, -0.2) is 41.6 Å². The number of nitrogen functional groups attached to an aromatic ring is 1. The highest BCUT2D eigenvalue weighted by molar-refractivity contribution is 6.07. The van der Waals surface area contributed by atoms with Crippen LogP contribution in [0.4, 0.5) is 5.69 Å². The molecule has 20 heavy (non-hydrogen) atoms. The first-order valence-electron chi connectivity index (χ1n) is 6.83. The average molecular weight is 273 g/mol. The lowest BCUT2D eigenvalue weighted by molar-refractivity contribution is 0.0576. The molecule has 0 bridgehead atoms. The van der Waals surface area contributed by atoms with E-state index >= 15 is 0 Å². The van der Waals surface area contributed by atoms with Crippen molar-refractivity contribution >= 4 is 22.5 Å². The van der Waals surface area contributed by atoms with Gasteiger partial charge in [-0.2, -0.15) is 0 Å². The molecule has 5 nitrogen and oxygen atoms in total. The van der Waals surface area contributed by atoms with E-state index in [1.807, 2.05) is 32.2 Å². The molecule has 1 aliphatic rings. The van der Waals surface area contributed by atoms with Crippen molar-refractivity contribution in [1.82, 2.24) is 9.88 Å². The maximum Gasteiger partial charge on any atom is 0.256 e. The van der Waals surface area contributed by atoms with Crippen LogP contribution in [-0.2, 0) is 4.74 Å². The maximum absolute atomic E-state index is 12.7. The van der Waals surface area contributed by atoms with E-state index in [1.165, 1.54) is 0 Å². The molecule has 2 heterocycles. The van der Waals surface area contributed by atoms with Crippen molar-refractivity contribution < 1.29 is 9.53 Å². The SMILES string of the molecule is CC1OCCC1N(C)C(=O)c1c[nH]c2cc(N)ccc12. The predicted molar refractivity (Wildman–Crippen MR) is 78.6 cm³/mol. The van der Waals surface area contributed by atoms with Crippen LogP contribution < -0.4 is 5.73 Å². The predicted octanol–water partition coefficient (Wildman–Crippen LogP) is 2.00. The minimum absolute atomic E-state index is 0.0170. The smallest absolute Gasteiger partial charge is 0.256 e. The van der Waals surface area contributed by atoms with Crippen LogP contribution in [0, 0.1) is 0 Å². The number of hydrogen-bond donors (Lipinski definition) is 2. The molecule has 3 rings (SSSR count). The quantitative estimate of drug-likeness (QED) is 0.822. The number of aromatic amines is 1. The molecule has 2 unspecified atom stereocenters. The van der Waals surface area contributed by atoms with Crippen LogP contribution in [0.2, 0.25) is 0 Å². The van der Waals surface area contributed by atoms with E-state index in [1.54, 1.807) is 11.1 Å². The number of ether oxygens (including phenoxy) is 1. The van der Waals surface area contributed by atoms with Gasteiger partial charge in [0.1, 0.15) is 0 Å². The van der Waals surface area contributed by atoms with Crippen molar-refractivity contribution in [2.24, 2.45) is 0 Å². The van der Waals surface area contributed by atoms with E-state index in [0.29, 0.717) is 17.9 Å². The molecule has 0 saturated carbocycles. The third-order valence-corrected chi connectivity index (χ3v) is 4.09. The lowest BCUT2D eigenvalue weighted by Gasteiger charge is -2.26. The number of nitrogens with two attached hydrogens (primary N) is 1. The second-order valence-electron chi connectivity index (χ2n) is 5.36. The van der Waals surface area contributed by atoms with Gasteiger partial charge in [0, 0.05) is 36.4 Å². The number of rotatable bonds is 2. The van der Waals surface area contributed by atoms with E-state index in [-0.39, 0.29) is 18.1 Å². The molecule has 1 aromatic carbocycles. The van der Waals surface area contributed by atoms with Gasteiger partial charge in [0.25, 0.3) is 5.91 Å². The van der Waals surface area contributed by atoms with Gasteiger partial charge >= 0.3 is 0 Å². The first-order chi connectivity index (χ1) is 9.58. The number of H-pyrrole nitrogens is 1. The summed E-state index contributed by atoms with van der Waals surface area (Å²) in [7, 11) is 1.84. The van der Waals surface area contributed by atoms with Gasteiger partial charge in [-0.15, -0.1) is 0 Å². The van der Waals surface area contributed by atoms with Gasteiger partial charge in [0.2, 0.25) is 0 Å². The summed E-state index contributed by atoms with van der Waals surface area (Å²) in [5, 5.41) is 0.905. The number of hydrogen-bond acceptors (Lipinski definition) is 3. The van der Waals surface area contributed by atoms with Crippen LogP contribution in [0.15, 0.2) is 24.4 Å². The Balaban J connectivity index is 1.92. The summed E-state index contributed by atoms with van der Waals surface area (Å²) in [6.45, 7) is 2.73. The fourth-order valence-electron chi connectivity index (χ4n) is 2.89. The van der Waals surface area contributed by atoms with Gasteiger partial charge < -0.3 is 20.4 Å². The Labute approximate surface area is 117 Å². The summed E-state index contributed by atoms with van der Waals surface area (Å²) in [5.74, 6) is 0.0170. The van der Waals surface area contributed by atoms with Crippen LogP contribution in [0.25, 0.3) is 10.9 Å². The van der Waals surface area contributed by atoms with E-state index in [0.717, 1.165) is 17.3 Å². The Bertz CT molecular complexity index is 650. The lowest BCUT2D eigenvalue weighted by atomic mass is 10.1. The minimum Gasteiger partial charge on any atom is -0.399 e. The third-order valence-electron chi connectivity index (χ3n) is 4.09. The Morgan fingerprint density at radius 2 is 2.30 bits per heavy atom. The van der Waals surface area contributed by atoms with Gasteiger partial charge in [-0.05, 0) is 31.5 Å². The number of nitrogens with zero attached hydrogens (tertiary/aromatic N) is 1. The number of amides is 1. The zero-order chi connectivity index (χ0) is 14.3. The first kappa shape index (κ1) is 13.0. The van der Waals surface area contributed by atoms with Gasteiger partial charge in [-0.3, -0.25) is 4.79 Å². The molecule has 5 heteroatoms. The van der Waals surface area contributed by atoms with Crippen molar-refractivity contribution in [2.75, 3.05) is 19.4 Å². The van der Waals surface area contributed by atoms with E-state index in [2.05, 4.69) is 4.98 Å². The van der Waals surface area contributed by atoms with Gasteiger partial charge in [-0.1, -0.05) is 0 Å². The summed E-state index contributed by atoms with van der Waals surface area (Å²) in [6, 6.07) is 5.68. The Hall–Kier alpha value is -2.01. The number of likely N-dealkylation sites (N-methyl/N-ethyl adjacent to an activating group) is 1. The number of benzene rings is 1. The summed E-state index contributed by atoms with van der Waals surface area (Å²) in [4.78, 5) is 17.6. The van der Waals surface area contributed by atoms with Crippen molar-refractivity contribution in [3.8, 4) is 0 Å². The second-order valence-corrected chi connectivity index (χ2v) is 5.36. The largest absolute Gasteiger partial charge is 0.399 e. The molecule has 1 amide bonds. The van der Waals surface area contributed by atoms with Gasteiger partial charge in [0.05, 0.1) is 17.7 Å². The fraction of sp³-hybridized carbons (Fsp3) is 0.400. The summed E-state index contributed by atoms with van der Waals surface area (Å²) < 4.78 is 5.54. The number of aromatic nitrogens is 1. The number of anilines is 1. The molecule has 0 spiro atoms. The molecule has 1 saturated heterocycles. The van der Waals surface area contributed by atoms with E-state index < -0.39 is 0 Å². The van der Waals surface area contributed by atoms with E-state index in [9.17, 15) is 4.79 Å². The topological polar surface area (TPSA) is 71.3 Å². The second kappa shape index (κ2) is 4.83.